The molecule has 0 radical (unpaired) electrons. The Morgan fingerprint density at radius 3 is 2.73 bits per heavy atom. The van der Waals surface area contributed by atoms with E-state index >= 15 is 0 Å². The van der Waals surface area contributed by atoms with Crippen molar-refractivity contribution in [3.8, 4) is 11.3 Å². The lowest BCUT2D eigenvalue weighted by Gasteiger charge is -2.10. The van der Waals surface area contributed by atoms with Crippen molar-refractivity contribution < 1.29 is 19.1 Å². The van der Waals surface area contributed by atoms with Gasteiger partial charge in [-0.15, -0.1) is 0 Å². The number of carboxylic acids is 1. The van der Waals surface area contributed by atoms with Gasteiger partial charge in [0, 0.05) is 24.4 Å². The van der Waals surface area contributed by atoms with Crippen LogP contribution in [-0.4, -0.2) is 28.0 Å². The maximum Gasteiger partial charge on any atom is 0.305 e. The zero-order valence-corrected chi connectivity index (χ0v) is 12.3. The van der Waals surface area contributed by atoms with Crippen LogP contribution < -0.4 is 5.32 Å². The molecule has 1 heterocycles. The maximum atomic E-state index is 11.7. The Morgan fingerprint density at radius 1 is 1.32 bits per heavy atom. The summed E-state index contributed by atoms with van der Waals surface area (Å²) in [6.07, 6.45) is 2.12. The fourth-order valence-electron chi connectivity index (χ4n) is 2.04. The molecule has 0 aliphatic rings. The highest BCUT2D eigenvalue weighted by atomic mass is 16.4. The number of oxazole rings is 1. The molecule has 1 aromatic heterocycles. The Morgan fingerprint density at radius 2 is 2.05 bits per heavy atom. The summed E-state index contributed by atoms with van der Waals surface area (Å²) in [5, 5.41) is 11.3. The summed E-state index contributed by atoms with van der Waals surface area (Å²) in [7, 11) is 0. The van der Waals surface area contributed by atoms with Crippen molar-refractivity contribution in [2.75, 3.05) is 0 Å². The Hall–Kier alpha value is -2.63. The average molecular weight is 302 g/mol. The summed E-state index contributed by atoms with van der Waals surface area (Å²) in [6, 6.07) is 9.19. The van der Waals surface area contributed by atoms with Crippen LogP contribution in [0.25, 0.3) is 11.3 Å². The fraction of sp³-hybridized carbons (Fsp3) is 0.312. The van der Waals surface area contributed by atoms with Gasteiger partial charge in [0.2, 0.25) is 5.91 Å². The van der Waals surface area contributed by atoms with Crippen LogP contribution in [0.1, 0.15) is 25.7 Å². The van der Waals surface area contributed by atoms with Crippen molar-refractivity contribution in [1.29, 1.82) is 0 Å². The zero-order valence-electron chi connectivity index (χ0n) is 12.3. The number of aliphatic carboxylic acids is 1. The minimum absolute atomic E-state index is 0.0943. The molecule has 116 valence electrons. The summed E-state index contributed by atoms with van der Waals surface area (Å²) < 4.78 is 5.60. The highest BCUT2D eigenvalue weighted by Gasteiger charge is 2.12. The van der Waals surface area contributed by atoms with E-state index in [1.165, 1.54) is 0 Å². The molecule has 2 N–H and O–H groups in total. The molecular weight excluding hydrogens is 284 g/mol. The summed E-state index contributed by atoms with van der Waals surface area (Å²) in [5.41, 5.74) is 0.931. The predicted octanol–water partition coefficient (Wildman–Crippen LogP) is 2.25. The molecule has 6 heteroatoms. The Balaban J connectivity index is 1.84. The molecule has 0 aliphatic heterocycles. The van der Waals surface area contributed by atoms with Gasteiger partial charge >= 0.3 is 5.97 Å². The lowest BCUT2D eigenvalue weighted by molar-refractivity contribution is -0.137. The Bertz CT molecular complexity index is 637. The quantitative estimate of drug-likeness (QED) is 0.818. The normalized spacial score (nSPS) is 11.9. The SMILES string of the molecule is CC(CC(=O)O)NC(=O)CCc1ncc(-c2ccccc2)o1. The van der Waals surface area contributed by atoms with Gasteiger partial charge in [-0.25, -0.2) is 4.98 Å². The number of nitrogens with one attached hydrogen (secondary N) is 1. The maximum absolute atomic E-state index is 11.7. The molecule has 6 nitrogen and oxygen atoms in total. The lowest BCUT2D eigenvalue weighted by Crippen LogP contribution is -2.34. The molecule has 2 rings (SSSR count). The Kier molecular flexibility index (Phi) is 5.30. The molecule has 0 spiro atoms. The highest BCUT2D eigenvalue weighted by molar-refractivity contribution is 5.77. The smallest absolute Gasteiger partial charge is 0.305 e. The standard InChI is InChI=1S/C16H18N2O4/c1-11(9-16(20)21)18-14(19)7-8-15-17-10-13(22-15)12-5-3-2-4-6-12/h2-6,10-11H,7-9H2,1H3,(H,18,19)(H,20,21). The molecular formula is C16H18N2O4. The van der Waals surface area contributed by atoms with Gasteiger partial charge < -0.3 is 14.8 Å². The number of rotatable bonds is 7. The van der Waals surface area contributed by atoms with E-state index in [1.54, 1.807) is 13.1 Å². The first-order valence-corrected chi connectivity index (χ1v) is 7.06. The number of amides is 1. The van der Waals surface area contributed by atoms with Crippen molar-refractivity contribution in [3.63, 3.8) is 0 Å². The molecule has 0 fully saturated rings. The molecule has 1 unspecified atom stereocenters. The van der Waals surface area contributed by atoms with E-state index in [-0.39, 0.29) is 18.7 Å². The van der Waals surface area contributed by atoms with Crippen LogP contribution in [0.2, 0.25) is 0 Å². The van der Waals surface area contributed by atoms with Gasteiger partial charge in [0.1, 0.15) is 0 Å². The minimum Gasteiger partial charge on any atom is -0.481 e. The summed E-state index contributed by atoms with van der Waals surface area (Å²) >= 11 is 0. The second-order valence-electron chi connectivity index (χ2n) is 5.05. The molecule has 1 aromatic carbocycles. The van der Waals surface area contributed by atoms with Crippen molar-refractivity contribution in [1.82, 2.24) is 10.3 Å². The number of carbonyl (C=O) groups is 2. The second kappa shape index (κ2) is 7.40. The monoisotopic (exact) mass is 302 g/mol. The number of hydrogen-bond donors (Lipinski definition) is 2. The van der Waals surface area contributed by atoms with E-state index < -0.39 is 12.0 Å². The molecule has 0 saturated carbocycles. The number of benzene rings is 1. The van der Waals surface area contributed by atoms with Crippen LogP contribution in [0.3, 0.4) is 0 Å². The van der Waals surface area contributed by atoms with Crippen molar-refractivity contribution in [3.05, 3.63) is 42.4 Å². The third-order valence-corrected chi connectivity index (χ3v) is 3.07. The molecule has 1 amide bonds. The van der Waals surface area contributed by atoms with Gasteiger partial charge in [-0.3, -0.25) is 9.59 Å². The molecule has 0 saturated heterocycles. The van der Waals surface area contributed by atoms with Crippen LogP contribution in [0.5, 0.6) is 0 Å². The Labute approximate surface area is 128 Å². The summed E-state index contributed by atoms with van der Waals surface area (Å²) in [5.74, 6) is -0.00337. The number of carboxylic acid groups (broad SMARTS) is 1. The van der Waals surface area contributed by atoms with Crippen LogP contribution in [-0.2, 0) is 16.0 Å². The van der Waals surface area contributed by atoms with Gasteiger partial charge in [-0.1, -0.05) is 30.3 Å². The van der Waals surface area contributed by atoms with Gasteiger partial charge in [0.05, 0.1) is 12.6 Å². The van der Waals surface area contributed by atoms with Crippen LogP contribution >= 0.6 is 0 Å². The first-order valence-electron chi connectivity index (χ1n) is 7.06. The first-order chi connectivity index (χ1) is 10.5. The first kappa shape index (κ1) is 15.8. The number of nitrogens with zero attached hydrogens (tertiary/aromatic N) is 1. The van der Waals surface area contributed by atoms with E-state index in [0.29, 0.717) is 18.1 Å². The van der Waals surface area contributed by atoms with E-state index in [1.807, 2.05) is 30.3 Å². The largest absolute Gasteiger partial charge is 0.481 e. The minimum atomic E-state index is -0.937. The fourth-order valence-corrected chi connectivity index (χ4v) is 2.04. The van der Waals surface area contributed by atoms with Gasteiger partial charge in [0.15, 0.2) is 11.7 Å². The zero-order chi connectivity index (χ0) is 15.9. The average Bonchev–Trinajstić information content (AvgIpc) is 2.94. The molecule has 22 heavy (non-hydrogen) atoms. The summed E-state index contributed by atoms with van der Waals surface area (Å²) in [6.45, 7) is 1.66. The van der Waals surface area contributed by atoms with Gasteiger partial charge in [-0.2, -0.15) is 0 Å². The number of aryl methyl sites for hydroxylation is 1. The lowest BCUT2D eigenvalue weighted by atomic mass is 10.2. The van der Waals surface area contributed by atoms with Gasteiger partial charge in [-0.05, 0) is 6.92 Å². The molecule has 0 bridgehead atoms. The molecule has 1 atom stereocenters. The van der Waals surface area contributed by atoms with E-state index in [9.17, 15) is 9.59 Å². The van der Waals surface area contributed by atoms with E-state index in [2.05, 4.69) is 10.3 Å². The second-order valence-corrected chi connectivity index (χ2v) is 5.05. The van der Waals surface area contributed by atoms with Crippen LogP contribution in [0.4, 0.5) is 0 Å². The number of hydrogen-bond acceptors (Lipinski definition) is 4. The molecule has 0 aliphatic carbocycles. The van der Waals surface area contributed by atoms with Crippen molar-refractivity contribution in [2.45, 2.75) is 32.2 Å². The van der Waals surface area contributed by atoms with E-state index in [0.717, 1.165) is 5.56 Å². The highest BCUT2D eigenvalue weighted by Crippen LogP contribution is 2.20. The van der Waals surface area contributed by atoms with Crippen molar-refractivity contribution >= 4 is 11.9 Å². The van der Waals surface area contributed by atoms with E-state index in [4.69, 9.17) is 9.52 Å². The van der Waals surface area contributed by atoms with Crippen LogP contribution in [0.15, 0.2) is 40.9 Å². The number of carbonyl (C=O) groups excluding carboxylic acids is 1. The van der Waals surface area contributed by atoms with Gasteiger partial charge in [0.25, 0.3) is 0 Å². The third kappa shape index (κ3) is 4.73. The third-order valence-electron chi connectivity index (χ3n) is 3.07. The number of aromatic nitrogens is 1. The van der Waals surface area contributed by atoms with Crippen molar-refractivity contribution in [2.24, 2.45) is 0 Å². The molecule has 2 aromatic rings. The van der Waals surface area contributed by atoms with Crippen LogP contribution in [0, 0.1) is 0 Å². The predicted molar refractivity (Wildman–Crippen MR) is 80.1 cm³/mol. The summed E-state index contributed by atoms with van der Waals surface area (Å²) in [4.78, 5) is 26.4. The topological polar surface area (TPSA) is 92.4 Å².